The minimum absolute atomic E-state index is 0.0113. The fourth-order valence-electron chi connectivity index (χ4n) is 3.12. The lowest BCUT2D eigenvalue weighted by molar-refractivity contribution is 0.0520. The van der Waals surface area contributed by atoms with Crippen molar-refractivity contribution in [1.29, 1.82) is 0 Å². The second-order valence-electron chi connectivity index (χ2n) is 6.16. The van der Waals surface area contributed by atoms with Crippen molar-refractivity contribution in [2.75, 3.05) is 19.7 Å². The standard InChI is InChI=1S/C19H23N3O4S/c1-3-16-17(19(23)26-4-2)18(21-20-16)27(24,25)22-12-10-15(11-13-22)14-8-6-5-7-9-14/h5-10H,3-4,11-13H2,1-2H3,(H,20,21). The lowest BCUT2D eigenvalue weighted by atomic mass is 10.0. The van der Waals surface area contributed by atoms with Gasteiger partial charge in [0.05, 0.1) is 12.3 Å². The molecule has 27 heavy (non-hydrogen) atoms. The predicted octanol–water partition coefficient (Wildman–Crippen LogP) is 2.63. The summed E-state index contributed by atoms with van der Waals surface area (Å²) >= 11 is 0. The van der Waals surface area contributed by atoms with Gasteiger partial charge >= 0.3 is 5.97 Å². The Bertz CT molecular complexity index is 949. The molecule has 1 aromatic heterocycles. The van der Waals surface area contributed by atoms with E-state index in [0.717, 1.165) is 11.1 Å². The molecule has 0 atom stereocenters. The third kappa shape index (κ3) is 3.81. The maximum atomic E-state index is 13.1. The summed E-state index contributed by atoms with van der Waals surface area (Å²) in [6, 6.07) is 9.89. The van der Waals surface area contributed by atoms with Gasteiger partial charge in [-0.05, 0) is 30.9 Å². The third-order valence-corrected chi connectivity index (χ3v) is 6.34. The number of sulfonamides is 1. The van der Waals surface area contributed by atoms with Gasteiger partial charge in [0.25, 0.3) is 10.0 Å². The van der Waals surface area contributed by atoms with Crippen molar-refractivity contribution in [3.05, 3.63) is 53.2 Å². The molecule has 0 bridgehead atoms. The van der Waals surface area contributed by atoms with Crippen molar-refractivity contribution in [2.24, 2.45) is 0 Å². The first-order chi connectivity index (χ1) is 13.0. The molecule has 8 heteroatoms. The van der Waals surface area contributed by atoms with Crippen LogP contribution in [0.15, 0.2) is 41.4 Å². The zero-order valence-electron chi connectivity index (χ0n) is 15.4. The molecule has 0 amide bonds. The molecular formula is C19H23N3O4S. The molecule has 0 unspecified atom stereocenters. The summed E-state index contributed by atoms with van der Waals surface area (Å²) in [6.45, 7) is 4.24. The van der Waals surface area contributed by atoms with Crippen molar-refractivity contribution >= 4 is 21.6 Å². The zero-order valence-corrected chi connectivity index (χ0v) is 16.3. The number of aromatic amines is 1. The molecular weight excluding hydrogens is 366 g/mol. The summed E-state index contributed by atoms with van der Waals surface area (Å²) in [5.41, 5.74) is 2.68. The molecule has 0 spiro atoms. The van der Waals surface area contributed by atoms with Gasteiger partial charge in [-0.25, -0.2) is 13.2 Å². The van der Waals surface area contributed by atoms with E-state index in [0.29, 0.717) is 25.1 Å². The van der Waals surface area contributed by atoms with Crippen molar-refractivity contribution in [1.82, 2.24) is 14.5 Å². The van der Waals surface area contributed by atoms with Gasteiger partial charge in [-0.15, -0.1) is 0 Å². The van der Waals surface area contributed by atoms with E-state index < -0.39 is 16.0 Å². The van der Waals surface area contributed by atoms with Crippen molar-refractivity contribution in [2.45, 2.75) is 31.7 Å². The van der Waals surface area contributed by atoms with Crippen molar-refractivity contribution in [3.63, 3.8) is 0 Å². The first-order valence-corrected chi connectivity index (χ1v) is 10.4. The predicted molar refractivity (Wildman–Crippen MR) is 102 cm³/mol. The number of esters is 1. The smallest absolute Gasteiger partial charge is 0.343 e. The number of carbonyl (C=O) groups excluding carboxylic acids is 1. The van der Waals surface area contributed by atoms with Crippen LogP contribution in [0.1, 0.15) is 41.9 Å². The first kappa shape index (κ1) is 19.3. The van der Waals surface area contributed by atoms with Crippen LogP contribution in [0.3, 0.4) is 0 Å². The Morgan fingerprint density at radius 2 is 2.00 bits per heavy atom. The minimum atomic E-state index is -3.91. The van der Waals surface area contributed by atoms with Crippen LogP contribution in [0, 0.1) is 0 Å². The van der Waals surface area contributed by atoms with Gasteiger partial charge in [0.15, 0.2) is 0 Å². The fraction of sp³-hybridized carbons (Fsp3) is 0.368. The third-order valence-electron chi connectivity index (χ3n) is 4.54. The number of aromatic nitrogens is 2. The average Bonchev–Trinajstić information content (AvgIpc) is 3.14. The second kappa shape index (κ2) is 8.06. The minimum Gasteiger partial charge on any atom is -0.462 e. The van der Waals surface area contributed by atoms with Gasteiger partial charge in [-0.1, -0.05) is 43.3 Å². The summed E-state index contributed by atoms with van der Waals surface area (Å²) in [4.78, 5) is 12.3. The number of aryl methyl sites for hydroxylation is 1. The molecule has 3 rings (SSSR count). The molecule has 1 aliphatic heterocycles. The summed E-state index contributed by atoms with van der Waals surface area (Å²) < 4.78 is 32.6. The lowest BCUT2D eigenvalue weighted by Gasteiger charge is -2.25. The van der Waals surface area contributed by atoms with Gasteiger partial charge in [0.2, 0.25) is 5.03 Å². The molecule has 0 saturated carbocycles. The number of hydrogen-bond acceptors (Lipinski definition) is 5. The van der Waals surface area contributed by atoms with Gasteiger partial charge in [0, 0.05) is 13.1 Å². The van der Waals surface area contributed by atoms with Crippen LogP contribution in [0.25, 0.3) is 5.57 Å². The van der Waals surface area contributed by atoms with Gasteiger partial charge in [0.1, 0.15) is 5.56 Å². The first-order valence-electron chi connectivity index (χ1n) is 8.98. The van der Waals surface area contributed by atoms with Crippen LogP contribution in [-0.2, 0) is 21.2 Å². The maximum absolute atomic E-state index is 13.1. The molecule has 2 heterocycles. The number of rotatable bonds is 6. The SMILES string of the molecule is CCOC(=O)c1c(S(=O)(=O)N2CC=C(c3ccccc3)CC2)n[nH]c1CC. The maximum Gasteiger partial charge on any atom is 0.343 e. The number of hydrogen-bond donors (Lipinski definition) is 1. The molecule has 7 nitrogen and oxygen atoms in total. The van der Waals surface area contributed by atoms with Gasteiger partial charge in [-0.3, -0.25) is 5.10 Å². The quantitative estimate of drug-likeness (QED) is 0.767. The second-order valence-corrected chi connectivity index (χ2v) is 8.02. The summed E-state index contributed by atoms with van der Waals surface area (Å²) in [6.07, 6.45) is 2.96. The lowest BCUT2D eigenvalue weighted by Crippen LogP contribution is -2.35. The van der Waals surface area contributed by atoms with Crippen LogP contribution in [-0.4, -0.2) is 48.6 Å². The van der Waals surface area contributed by atoms with E-state index in [2.05, 4.69) is 10.2 Å². The van der Waals surface area contributed by atoms with Crippen molar-refractivity contribution < 1.29 is 17.9 Å². The van der Waals surface area contributed by atoms with Crippen LogP contribution < -0.4 is 0 Å². The molecule has 0 radical (unpaired) electrons. The number of H-pyrrole nitrogens is 1. The molecule has 144 valence electrons. The highest BCUT2D eigenvalue weighted by molar-refractivity contribution is 7.89. The number of nitrogens with zero attached hydrogens (tertiary/aromatic N) is 2. The highest BCUT2D eigenvalue weighted by Gasteiger charge is 2.35. The zero-order chi connectivity index (χ0) is 19.4. The largest absolute Gasteiger partial charge is 0.462 e. The van der Waals surface area contributed by atoms with E-state index in [1.165, 1.54) is 4.31 Å². The van der Waals surface area contributed by atoms with Crippen LogP contribution in [0.5, 0.6) is 0 Å². The molecule has 1 aromatic carbocycles. The van der Waals surface area contributed by atoms with E-state index in [-0.39, 0.29) is 23.7 Å². The Morgan fingerprint density at radius 3 is 2.59 bits per heavy atom. The average molecular weight is 389 g/mol. The number of nitrogens with one attached hydrogen (secondary N) is 1. The fourth-order valence-corrected chi connectivity index (χ4v) is 4.59. The topological polar surface area (TPSA) is 92.4 Å². The van der Waals surface area contributed by atoms with Gasteiger partial charge < -0.3 is 4.74 Å². The molecule has 0 saturated heterocycles. The summed E-state index contributed by atoms with van der Waals surface area (Å²) in [7, 11) is -3.91. The Hall–Kier alpha value is -2.45. The number of carbonyl (C=O) groups is 1. The highest BCUT2D eigenvalue weighted by Crippen LogP contribution is 2.27. The Morgan fingerprint density at radius 1 is 1.26 bits per heavy atom. The summed E-state index contributed by atoms with van der Waals surface area (Å²) in [5.74, 6) is -0.667. The molecule has 1 aliphatic rings. The van der Waals surface area contributed by atoms with E-state index in [1.807, 2.05) is 43.3 Å². The Kier molecular flexibility index (Phi) is 5.76. The van der Waals surface area contributed by atoms with E-state index in [9.17, 15) is 13.2 Å². The molecule has 1 N–H and O–H groups in total. The van der Waals surface area contributed by atoms with E-state index in [1.54, 1.807) is 6.92 Å². The van der Waals surface area contributed by atoms with Crippen LogP contribution >= 0.6 is 0 Å². The van der Waals surface area contributed by atoms with Crippen LogP contribution in [0.2, 0.25) is 0 Å². The normalized spacial score (nSPS) is 15.4. The number of ether oxygens (including phenoxy) is 1. The Labute approximate surface area is 159 Å². The number of benzene rings is 1. The van der Waals surface area contributed by atoms with E-state index >= 15 is 0 Å². The molecule has 2 aromatic rings. The van der Waals surface area contributed by atoms with Crippen molar-refractivity contribution in [3.8, 4) is 0 Å². The van der Waals surface area contributed by atoms with E-state index in [4.69, 9.17) is 4.74 Å². The monoisotopic (exact) mass is 389 g/mol. The Balaban J connectivity index is 1.89. The molecule has 0 aliphatic carbocycles. The van der Waals surface area contributed by atoms with Crippen LogP contribution in [0.4, 0.5) is 0 Å². The molecule has 0 fully saturated rings. The van der Waals surface area contributed by atoms with Gasteiger partial charge in [-0.2, -0.15) is 9.40 Å². The highest BCUT2D eigenvalue weighted by atomic mass is 32.2. The summed E-state index contributed by atoms with van der Waals surface area (Å²) in [5, 5.41) is 6.35.